The lowest BCUT2D eigenvalue weighted by atomic mass is 10.2. The molecule has 120 valence electrons. The number of ether oxygens (including phenoxy) is 1. The number of hydrogen-bond acceptors (Lipinski definition) is 3. The third-order valence-corrected chi connectivity index (χ3v) is 3.33. The Morgan fingerprint density at radius 2 is 1.92 bits per heavy atom. The van der Waals surface area contributed by atoms with Crippen LogP contribution in [0.3, 0.4) is 0 Å². The van der Waals surface area contributed by atoms with E-state index in [4.69, 9.17) is 4.74 Å². The summed E-state index contributed by atoms with van der Waals surface area (Å²) in [5.41, 5.74) is 1.97. The topological polar surface area (TPSA) is 51.2 Å². The van der Waals surface area contributed by atoms with Crippen molar-refractivity contribution in [2.45, 2.75) is 6.61 Å². The van der Waals surface area contributed by atoms with Gasteiger partial charge < -0.3 is 10.1 Å². The quantitative estimate of drug-likeness (QED) is 0.771. The number of nitrogens with one attached hydrogen (secondary N) is 1. The Morgan fingerprint density at radius 1 is 1.08 bits per heavy atom. The molecule has 0 saturated heterocycles. The molecule has 1 heterocycles. The van der Waals surface area contributed by atoms with Crippen LogP contribution < -0.4 is 10.1 Å². The normalized spacial score (nSPS) is 10.2. The lowest BCUT2D eigenvalue weighted by Crippen LogP contribution is -2.12. The molecular formula is C19H15FN2O2. The van der Waals surface area contributed by atoms with Crippen molar-refractivity contribution in [3.63, 3.8) is 0 Å². The highest BCUT2D eigenvalue weighted by atomic mass is 19.1. The van der Waals surface area contributed by atoms with Crippen LogP contribution in [0.25, 0.3) is 0 Å². The molecule has 4 nitrogen and oxygen atoms in total. The third-order valence-electron chi connectivity index (χ3n) is 3.33. The predicted molar refractivity (Wildman–Crippen MR) is 89.4 cm³/mol. The summed E-state index contributed by atoms with van der Waals surface area (Å²) < 4.78 is 18.6. The van der Waals surface area contributed by atoms with Crippen molar-refractivity contribution in [2.24, 2.45) is 0 Å². The van der Waals surface area contributed by atoms with E-state index in [9.17, 15) is 9.18 Å². The van der Waals surface area contributed by atoms with E-state index in [0.717, 1.165) is 5.56 Å². The fourth-order valence-electron chi connectivity index (χ4n) is 2.11. The number of rotatable bonds is 5. The summed E-state index contributed by atoms with van der Waals surface area (Å²) in [6.45, 7) is 0.320. The zero-order valence-corrected chi connectivity index (χ0v) is 12.8. The Kier molecular flexibility index (Phi) is 4.81. The molecule has 0 atom stereocenters. The second-order valence-corrected chi connectivity index (χ2v) is 5.14. The monoisotopic (exact) mass is 322 g/mol. The summed E-state index contributed by atoms with van der Waals surface area (Å²) in [7, 11) is 0. The smallest absolute Gasteiger partial charge is 0.257 e. The molecule has 2 aromatic carbocycles. The number of carbonyl (C=O) groups is 1. The minimum absolute atomic E-state index is 0.237. The SMILES string of the molecule is O=C(Nc1cccc(OCc2ccc(F)cc2)c1)c1cccnc1. The zero-order chi connectivity index (χ0) is 16.8. The van der Waals surface area contributed by atoms with Crippen molar-refractivity contribution in [3.05, 3.63) is 90.0 Å². The standard InChI is InChI=1S/C19H15FN2O2/c20-16-8-6-14(7-9-16)13-24-18-5-1-4-17(11-18)22-19(23)15-3-2-10-21-12-15/h1-12H,13H2,(H,22,23). The maximum absolute atomic E-state index is 12.9. The first kappa shape index (κ1) is 15.7. The summed E-state index contributed by atoms with van der Waals surface area (Å²) in [6.07, 6.45) is 3.12. The minimum Gasteiger partial charge on any atom is -0.489 e. The van der Waals surface area contributed by atoms with Gasteiger partial charge in [0.15, 0.2) is 0 Å². The van der Waals surface area contributed by atoms with Gasteiger partial charge in [-0.1, -0.05) is 18.2 Å². The summed E-state index contributed by atoms with van der Waals surface area (Å²) in [5.74, 6) is 0.0981. The predicted octanol–water partition coefficient (Wildman–Crippen LogP) is 4.05. The van der Waals surface area contributed by atoms with Gasteiger partial charge in [0.1, 0.15) is 18.2 Å². The fourth-order valence-corrected chi connectivity index (χ4v) is 2.11. The Bertz CT molecular complexity index is 820. The fraction of sp³-hybridized carbons (Fsp3) is 0.0526. The molecule has 3 aromatic rings. The zero-order valence-electron chi connectivity index (χ0n) is 12.8. The van der Waals surface area contributed by atoms with Crippen molar-refractivity contribution in [3.8, 4) is 5.75 Å². The second-order valence-electron chi connectivity index (χ2n) is 5.14. The van der Waals surface area contributed by atoms with Gasteiger partial charge in [0.05, 0.1) is 5.56 Å². The van der Waals surface area contributed by atoms with Crippen LogP contribution in [-0.2, 0) is 6.61 Å². The van der Waals surface area contributed by atoms with Gasteiger partial charge in [-0.3, -0.25) is 9.78 Å². The molecule has 0 saturated carbocycles. The van der Waals surface area contributed by atoms with Crippen LogP contribution in [0.4, 0.5) is 10.1 Å². The molecular weight excluding hydrogens is 307 g/mol. The van der Waals surface area contributed by atoms with Gasteiger partial charge in [0.2, 0.25) is 0 Å². The van der Waals surface area contributed by atoms with Crippen molar-refractivity contribution in [1.82, 2.24) is 4.98 Å². The van der Waals surface area contributed by atoms with Crippen LogP contribution in [0.15, 0.2) is 73.1 Å². The van der Waals surface area contributed by atoms with E-state index in [0.29, 0.717) is 23.6 Å². The molecule has 1 amide bonds. The minimum atomic E-state index is -0.279. The number of nitrogens with zero attached hydrogens (tertiary/aromatic N) is 1. The van der Waals surface area contributed by atoms with Crippen LogP contribution in [0.1, 0.15) is 15.9 Å². The largest absolute Gasteiger partial charge is 0.489 e. The molecule has 0 fully saturated rings. The van der Waals surface area contributed by atoms with Gasteiger partial charge in [0.25, 0.3) is 5.91 Å². The van der Waals surface area contributed by atoms with Crippen LogP contribution >= 0.6 is 0 Å². The first-order valence-electron chi connectivity index (χ1n) is 7.39. The van der Waals surface area contributed by atoms with Crippen LogP contribution in [0.2, 0.25) is 0 Å². The lowest BCUT2D eigenvalue weighted by Gasteiger charge is -2.09. The highest BCUT2D eigenvalue weighted by Gasteiger charge is 2.06. The van der Waals surface area contributed by atoms with E-state index in [1.54, 1.807) is 54.7 Å². The Balaban J connectivity index is 1.63. The van der Waals surface area contributed by atoms with Crippen molar-refractivity contribution in [2.75, 3.05) is 5.32 Å². The average Bonchev–Trinajstić information content (AvgIpc) is 2.62. The van der Waals surface area contributed by atoms with Gasteiger partial charge in [-0.2, -0.15) is 0 Å². The Morgan fingerprint density at radius 3 is 2.67 bits per heavy atom. The molecule has 0 aliphatic carbocycles. The summed E-state index contributed by atoms with van der Waals surface area (Å²) in [4.78, 5) is 16.0. The van der Waals surface area contributed by atoms with Crippen LogP contribution in [-0.4, -0.2) is 10.9 Å². The first-order valence-corrected chi connectivity index (χ1v) is 7.39. The number of aromatic nitrogens is 1. The van der Waals surface area contributed by atoms with E-state index in [-0.39, 0.29) is 11.7 Å². The van der Waals surface area contributed by atoms with Crippen molar-refractivity contribution >= 4 is 11.6 Å². The Labute approximate surface area is 138 Å². The van der Waals surface area contributed by atoms with E-state index in [1.165, 1.54) is 18.3 Å². The molecule has 5 heteroatoms. The number of pyridine rings is 1. The number of halogens is 1. The van der Waals surface area contributed by atoms with Crippen LogP contribution in [0, 0.1) is 5.82 Å². The third kappa shape index (κ3) is 4.16. The Hall–Kier alpha value is -3.21. The summed E-state index contributed by atoms with van der Waals surface area (Å²) >= 11 is 0. The van der Waals surface area contributed by atoms with Gasteiger partial charge in [-0.15, -0.1) is 0 Å². The number of amides is 1. The number of benzene rings is 2. The van der Waals surface area contributed by atoms with Gasteiger partial charge in [0, 0.05) is 24.1 Å². The number of carbonyl (C=O) groups excluding carboxylic acids is 1. The average molecular weight is 322 g/mol. The molecule has 0 aliphatic heterocycles. The van der Waals surface area contributed by atoms with E-state index in [2.05, 4.69) is 10.3 Å². The van der Waals surface area contributed by atoms with Gasteiger partial charge >= 0.3 is 0 Å². The van der Waals surface area contributed by atoms with Crippen molar-refractivity contribution < 1.29 is 13.9 Å². The summed E-state index contributed by atoms with van der Waals surface area (Å²) in [5, 5.41) is 2.80. The molecule has 1 N–H and O–H groups in total. The molecule has 0 unspecified atom stereocenters. The molecule has 1 aromatic heterocycles. The molecule has 0 radical (unpaired) electrons. The maximum Gasteiger partial charge on any atom is 0.257 e. The van der Waals surface area contributed by atoms with Gasteiger partial charge in [-0.25, -0.2) is 4.39 Å². The lowest BCUT2D eigenvalue weighted by molar-refractivity contribution is 0.102. The second kappa shape index (κ2) is 7.37. The first-order chi connectivity index (χ1) is 11.7. The number of anilines is 1. The molecule has 0 aliphatic rings. The van der Waals surface area contributed by atoms with Crippen molar-refractivity contribution in [1.29, 1.82) is 0 Å². The van der Waals surface area contributed by atoms with Gasteiger partial charge in [-0.05, 0) is 42.0 Å². The van der Waals surface area contributed by atoms with E-state index in [1.807, 2.05) is 0 Å². The molecule has 3 rings (SSSR count). The molecule has 24 heavy (non-hydrogen) atoms. The molecule has 0 bridgehead atoms. The van der Waals surface area contributed by atoms with E-state index < -0.39 is 0 Å². The number of hydrogen-bond donors (Lipinski definition) is 1. The maximum atomic E-state index is 12.9. The highest BCUT2D eigenvalue weighted by molar-refractivity contribution is 6.04. The summed E-state index contributed by atoms with van der Waals surface area (Å²) in [6, 6.07) is 16.6. The van der Waals surface area contributed by atoms with Crippen LogP contribution in [0.5, 0.6) is 5.75 Å². The van der Waals surface area contributed by atoms with E-state index >= 15 is 0 Å². The highest BCUT2D eigenvalue weighted by Crippen LogP contribution is 2.19. The molecule has 0 spiro atoms.